The van der Waals surface area contributed by atoms with Gasteiger partial charge in [-0.25, -0.2) is 8.42 Å². The third kappa shape index (κ3) is 4.18. The van der Waals surface area contributed by atoms with Crippen LogP contribution in [0.2, 0.25) is 0 Å². The number of hydrogen-bond acceptors (Lipinski definition) is 4. The van der Waals surface area contributed by atoms with Crippen molar-refractivity contribution >= 4 is 10.0 Å². The van der Waals surface area contributed by atoms with Crippen LogP contribution < -0.4 is 4.74 Å². The molecule has 124 valence electrons. The number of hydrogen-bond donors (Lipinski definition) is 0. The number of benzene rings is 1. The van der Waals surface area contributed by atoms with Gasteiger partial charge in [-0.15, -0.1) is 0 Å². The maximum absolute atomic E-state index is 12.6. The highest BCUT2D eigenvalue weighted by Gasteiger charge is 2.28. The van der Waals surface area contributed by atoms with Gasteiger partial charge in [0, 0.05) is 32.7 Å². The lowest BCUT2D eigenvalue weighted by atomic mass is 10.3. The number of piperazine rings is 1. The van der Waals surface area contributed by atoms with Gasteiger partial charge in [-0.2, -0.15) is 4.31 Å². The van der Waals surface area contributed by atoms with Gasteiger partial charge in [0.25, 0.3) is 0 Å². The topological polar surface area (TPSA) is 49.9 Å². The normalized spacial score (nSPS) is 17.5. The maximum atomic E-state index is 12.6. The van der Waals surface area contributed by atoms with Crippen molar-refractivity contribution in [3.63, 3.8) is 0 Å². The van der Waals surface area contributed by atoms with E-state index in [0.717, 1.165) is 0 Å². The zero-order chi connectivity index (χ0) is 16.0. The van der Waals surface area contributed by atoms with Gasteiger partial charge in [0.2, 0.25) is 10.0 Å². The highest BCUT2D eigenvalue weighted by atomic mass is 32.2. The van der Waals surface area contributed by atoms with Crippen LogP contribution in [0.4, 0.5) is 4.39 Å². The lowest BCUT2D eigenvalue weighted by Crippen LogP contribution is -2.48. The van der Waals surface area contributed by atoms with Crippen molar-refractivity contribution in [2.75, 3.05) is 46.0 Å². The minimum Gasteiger partial charge on any atom is -0.494 e. The average molecular weight is 330 g/mol. The summed E-state index contributed by atoms with van der Waals surface area (Å²) in [4.78, 5) is 2.39. The Kier molecular flexibility index (Phi) is 6.16. The molecule has 5 nitrogen and oxygen atoms in total. The van der Waals surface area contributed by atoms with Gasteiger partial charge >= 0.3 is 0 Å². The van der Waals surface area contributed by atoms with E-state index in [0.29, 0.717) is 51.5 Å². The van der Waals surface area contributed by atoms with Crippen LogP contribution >= 0.6 is 0 Å². The van der Waals surface area contributed by atoms with Crippen molar-refractivity contribution in [2.45, 2.75) is 18.2 Å². The molecule has 1 aliphatic heterocycles. The van der Waals surface area contributed by atoms with Gasteiger partial charge in [0.1, 0.15) is 5.75 Å². The van der Waals surface area contributed by atoms with E-state index in [1.54, 1.807) is 24.3 Å². The van der Waals surface area contributed by atoms with E-state index in [9.17, 15) is 12.8 Å². The van der Waals surface area contributed by atoms with Crippen molar-refractivity contribution < 1.29 is 17.5 Å². The maximum Gasteiger partial charge on any atom is 0.243 e. The predicted octanol–water partition coefficient (Wildman–Crippen LogP) is 1.75. The van der Waals surface area contributed by atoms with E-state index < -0.39 is 10.0 Å². The van der Waals surface area contributed by atoms with E-state index in [2.05, 4.69) is 4.90 Å². The summed E-state index contributed by atoms with van der Waals surface area (Å²) in [6, 6.07) is 6.51. The third-order valence-electron chi connectivity index (χ3n) is 3.71. The molecule has 0 amide bonds. The largest absolute Gasteiger partial charge is 0.494 e. The van der Waals surface area contributed by atoms with Crippen molar-refractivity contribution in [1.82, 2.24) is 9.21 Å². The second-order valence-electron chi connectivity index (χ2n) is 5.19. The Bertz CT molecular complexity index is 555. The van der Waals surface area contributed by atoms with Crippen molar-refractivity contribution in [1.29, 1.82) is 0 Å². The molecule has 0 spiro atoms. The number of sulfonamides is 1. The fourth-order valence-electron chi connectivity index (χ4n) is 2.50. The highest BCUT2D eigenvalue weighted by Crippen LogP contribution is 2.20. The second-order valence-corrected chi connectivity index (χ2v) is 7.13. The van der Waals surface area contributed by atoms with Gasteiger partial charge in [-0.3, -0.25) is 4.39 Å². The van der Waals surface area contributed by atoms with Gasteiger partial charge in [-0.05, 0) is 37.6 Å². The Morgan fingerprint density at radius 1 is 1.14 bits per heavy atom. The van der Waals surface area contributed by atoms with E-state index in [1.807, 2.05) is 6.92 Å². The molecule has 0 bridgehead atoms. The highest BCUT2D eigenvalue weighted by molar-refractivity contribution is 7.89. The lowest BCUT2D eigenvalue weighted by Gasteiger charge is -2.33. The zero-order valence-electron chi connectivity index (χ0n) is 12.9. The molecule has 0 radical (unpaired) electrons. The molecular weight excluding hydrogens is 307 g/mol. The molecule has 1 aromatic carbocycles. The van der Waals surface area contributed by atoms with Crippen LogP contribution in [0.15, 0.2) is 29.2 Å². The van der Waals surface area contributed by atoms with Crippen LogP contribution in [0, 0.1) is 0 Å². The second kappa shape index (κ2) is 7.89. The molecule has 1 fully saturated rings. The minimum atomic E-state index is -3.46. The van der Waals surface area contributed by atoms with E-state index in [1.165, 1.54) is 4.31 Å². The van der Waals surface area contributed by atoms with Gasteiger partial charge in [0.05, 0.1) is 18.2 Å². The first kappa shape index (κ1) is 17.2. The Morgan fingerprint density at radius 3 is 2.32 bits per heavy atom. The lowest BCUT2D eigenvalue weighted by molar-refractivity contribution is 0.182. The molecule has 0 N–H and O–H groups in total. The first-order chi connectivity index (χ1) is 10.6. The third-order valence-corrected chi connectivity index (χ3v) is 5.62. The number of ether oxygens (including phenoxy) is 1. The predicted molar refractivity (Wildman–Crippen MR) is 83.4 cm³/mol. The molecule has 0 unspecified atom stereocenters. The Hall–Kier alpha value is -1.18. The van der Waals surface area contributed by atoms with Gasteiger partial charge < -0.3 is 9.64 Å². The summed E-state index contributed by atoms with van der Waals surface area (Å²) in [6.45, 7) is 4.98. The van der Waals surface area contributed by atoms with Gasteiger partial charge in [-0.1, -0.05) is 0 Å². The summed E-state index contributed by atoms with van der Waals surface area (Å²) in [5, 5.41) is 0. The smallest absolute Gasteiger partial charge is 0.243 e. The summed E-state index contributed by atoms with van der Waals surface area (Å²) in [5.74, 6) is 0.664. The first-order valence-corrected chi connectivity index (χ1v) is 9.03. The van der Waals surface area contributed by atoms with Crippen LogP contribution in [0.25, 0.3) is 0 Å². The van der Waals surface area contributed by atoms with E-state index >= 15 is 0 Å². The summed E-state index contributed by atoms with van der Waals surface area (Å²) < 4.78 is 44.2. The van der Waals surface area contributed by atoms with Crippen molar-refractivity contribution in [3.8, 4) is 5.75 Å². The van der Waals surface area contributed by atoms with Crippen LogP contribution in [0.1, 0.15) is 13.3 Å². The fraction of sp³-hybridized carbons (Fsp3) is 0.600. The summed E-state index contributed by atoms with van der Waals surface area (Å²) >= 11 is 0. The molecule has 7 heteroatoms. The number of halogens is 1. The summed E-state index contributed by atoms with van der Waals surface area (Å²) in [5.41, 5.74) is 0. The number of nitrogens with zero attached hydrogens (tertiary/aromatic N) is 2. The zero-order valence-corrected chi connectivity index (χ0v) is 13.7. The van der Waals surface area contributed by atoms with Crippen LogP contribution in [-0.2, 0) is 10.0 Å². The van der Waals surface area contributed by atoms with Crippen LogP contribution in [0.3, 0.4) is 0 Å². The fourth-order valence-corrected chi connectivity index (χ4v) is 3.92. The standard InChI is InChI=1S/C15H23FN2O3S/c1-2-21-14-4-6-15(7-5-14)22(19,20)18-12-10-17(11-13-18)9-3-8-16/h4-7H,2-3,8-13H2,1H3. The average Bonchev–Trinajstić information content (AvgIpc) is 2.54. The molecule has 0 saturated carbocycles. The summed E-state index contributed by atoms with van der Waals surface area (Å²) in [6.07, 6.45) is 0.506. The molecule has 1 heterocycles. The SMILES string of the molecule is CCOc1ccc(S(=O)(=O)N2CCN(CCCF)CC2)cc1. The molecule has 2 rings (SSSR count). The molecule has 0 aliphatic carbocycles. The van der Waals surface area contributed by atoms with Crippen LogP contribution in [-0.4, -0.2) is 63.6 Å². The first-order valence-electron chi connectivity index (χ1n) is 7.59. The van der Waals surface area contributed by atoms with E-state index in [-0.39, 0.29) is 11.6 Å². The van der Waals surface area contributed by atoms with E-state index in [4.69, 9.17) is 4.74 Å². The molecule has 0 atom stereocenters. The van der Waals surface area contributed by atoms with Gasteiger partial charge in [0.15, 0.2) is 0 Å². The van der Waals surface area contributed by atoms with Crippen molar-refractivity contribution in [2.24, 2.45) is 0 Å². The Labute approximate surface area is 131 Å². The number of rotatable bonds is 7. The van der Waals surface area contributed by atoms with Crippen LogP contribution in [0.5, 0.6) is 5.75 Å². The minimum absolute atomic E-state index is 0.285. The van der Waals surface area contributed by atoms with Crippen molar-refractivity contribution in [3.05, 3.63) is 24.3 Å². The summed E-state index contributed by atoms with van der Waals surface area (Å²) in [7, 11) is -3.46. The molecule has 1 aliphatic rings. The Balaban J connectivity index is 1.99. The Morgan fingerprint density at radius 2 is 1.77 bits per heavy atom. The monoisotopic (exact) mass is 330 g/mol. The molecule has 1 saturated heterocycles. The molecular formula is C15H23FN2O3S. The number of alkyl halides is 1. The molecule has 0 aromatic heterocycles. The molecule has 22 heavy (non-hydrogen) atoms. The quantitative estimate of drug-likeness (QED) is 0.764. The molecule has 1 aromatic rings.